The van der Waals surface area contributed by atoms with Gasteiger partial charge in [0.25, 0.3) is 0 Å². The lowest BCUT2D eigenvalue weighted by atomic mass is 10.0. The lowest BCUT2D eigenvalue weighted by molar-refractivity contribution is -0.147. The van der Waals surface area contributed by atoms with Crippen LogP contribution in [0.5, 0.6) is 0 Å². The van der Waals surface area contributed by atoms with Crippen LogP contribution in [0.3, 0.4) is 0 Å². The average molecular weight is 262 g/mol. The molecule has 0 spiro atoms. The molecule has 0 aromatic heterocycles. The molecule has 1 aromatic rings. The topological polar surface area (TPSA) is 72.5 Å². The van der Waals surface area contributed by atoms with Crippen molar-refractivity contribution in [2.45, 2.75) is 19.1 Å². The number of carbonyl (C=O) groups excluding carboxylic acids is 1. The third-order valence-electron chi connectivity index (χ3n) is 2.18. The van der Waals surface area contributed by atoms with Crippen LogP contribution in [-0.4, -0.2) is 23.7 Å². The predicted octanol–water partition coefficient (Wildman–Crippen LogP) is 1.40. The van der Waals surface area contributed by atoms with Crippen molar-refractivity contribution in [1.82, 2.24) is 0 Å². The monoisotopic (exact) mass is 261 g/mol. The number of aliphatic hydroxyl groups excluding tert-OH is 1. The summed E-state index contributed by atoms with van der Waals surface area (Å²) in [5.74, 6) is -1.33. The minimum Gasteiger partial charge on any atom is -0.465 e. The van der Waals surface area contributed by atoms with Crippen LogP contribution in [0.4, 0.5) is 4.39 Å². The van der Waals surface area contributed by atoms with Gasteiger partial charge in [-0.15, -0.1) is 0 Å². The fourth-order valence-corrected chi connectivity index (χ4v) is 1.46. The number of ether oxygens (including phenoxy) is 1. The third kappa shape index (κ3) is 3.39. The van der Waals surface area contributed by atoms with E-state index in [4.69, 9.17) is 17.3 Å². The highest BCUT2D eigenvalue weighted by Crippen LogP contribution is 2.22. The number of rotatable bonds is 4. The lowest BCUT2D eigenvalue weighted by Gasteiger charge is -2.17. The zero-order valence-corrected chi connectivity index (χ0v) is 9.95. The smallest absolute Gasteiger partial charge is 0.325 e. The summed E-state index contributed by atoms with van der Waals surface area (Å²) in [5.41, 5.74) is 5.77. The zero-order chi connectivity index (χ0) is 13.0. The third-order valence-corrected chi connectivity index (χ3v) is 2.47. The molecule has 17 heavy (non-hydrogen) atoms. The number of halogens is 2. The summed E-state index contributed by atoms with van der Waals surface area (Å²) < 4.78 is 17.6. The molecule has 0 saturated heterocycles. The van der Waals surface area contributed by atoms with Crippen LogP contribution in [0.2, 0.25) is 5.02 Å². The van der Waals surface area contributed by atoms with Crippen molar-refractivity contribution >= 4 is 17.6 Å². The van der Waals surface area contributed by atoms with Gasteiger partial charge in [0.05, 0.1) is 11.6 Å². The van der Waals surface area contributed by atoms with E-state index >= 15 is 0 Å². The second kappa shape index (κ2) is 5.95. The minimum atomic E-state index is -1.29. The first kappa shape index (κ1) is 13.9. The van der Waals surface area contributed by atoms with E-state index in [1.54, 1.807) is 6.92 Å². The van der Waals surface area contributed by atoms with Gasteiger partial charge in [0.1, 0.15) is 18.0 Å². The van der Waals surface area contributed by atoms with E-state index in [-0.39, 0.29) is 17.2 Å². The lowest BCUT2D eigenvalue weighted by Crippen LogP contribution is -2.38. The molecule has 2 unspecified atom stereocenters. The summed E-state index contributed by atoms with van der Waals surface area (Å²) in [7, 11) is 0. The Bertz CT molecular complexity index is 414. The highest BCUT2D eigenvalue weighted by molar-refractivity contribution is 6.30. The second-order valence-corrected chi connectivity index (χ2v) is 3.80. The second-order valence-electron chi connectivity index (χ2n) is 3.40. The van der Waals surface area contributed by atoms with E-state index in [9.17, 15) is 14.3 Å². The molecule has 4 nitrogen and oxygen atoms in total. The Labute approximate surface area is 103 Å². The van der Waals surface area contributed by atoms with E-state index in [2.05, 4.69) is 4.74 Å². The first-order valence-corrected chi connectivity index (χ1v) is 5.40. The number of aliphatic hydroxyl groups is 1. The Kier molecular flexibility index (Phi) is 4.86. The van der Waals surface area contributed by atoms with Crippen LogP contribution >= 0.6 is 11.6 Å². The van der Waals surface area contributed by atoms with Crippen molar-refractivity contribution < 1.29 is 19.0 Å². The molecule has 94 valence electrons. The maximum atomic E-state index is 12.9. The largest absolute Gasteiger partial charge is 0.465 e. The molecular weight excluding hydrogens is 249 g/mol. The molecule has 6 heteroatoms. The number of esters is 1. The summed E-state index contributed by atoms with van der Waals surface area (Å²) in [4.78, 5) is 11.3. The average Bonchev–Trinajstić information content (AvgIpc) is 2.31. The van der Waals surface area contributed by atoms with Gasteiger partial charge >= 0.3 is 5.97 Å². The minimum absolute atomic E-state index is 0.141. The number of carbonyl (C=O) groups is 1. The number of nitrogens with two attached hydrogens (primary N) is 1. The van der Waals surface area contributed by atoms with Crippen LogP contribution < -0.4 is 5.73 Å². The quantitative estimate of drug-likeness (QED) is 0.804. The SMILES string of the molecule is CCOC(=O)C(N)C(O)c1ccc(F)c(Cl)c1. The number of hydrogen-bond donors (Lipinski definition) is 2. The van der Waals surface area contributed by atoms with E-state index < -0.39 is 23.9 Å². The van der Waals surface area contributed by atoms with Crippen molar-refractivity contribution in [3.8, 4) is 0 Å². The number of benzene rings is 1. The van der Waals surface area contributed by atoms with Crippen LogP contribution in [-0.2, 0) is 9.53 Å². The molecule has 0 amide bonds. The van der Waals surface area contributed by atoms with Gasteiger partial charge in [-0.1, -0.05) is 17.7 Å². The molecule has 0 saturated carbocycles. The molecule has 3 N–H and O–H groups in total. The molecule has 1 rings (SSSR count). The molecule has 0 heterocycles. The molecule has 1 aromatic carbocycles. The van der Waals surface area contributed by atoms with Gasteiger partial charge in [-0.2, -0.15) is 0 Å². The Balaban J connectivity index is 2.84. The molecule has 0 aliphatic carbocycles. The Hall–Kier alpha value is -1.17. The van der Waals surface area contributed by atoms with Crippen LogP contribution in [0.1, 0.15) is 18.6 Å². The zero-order valence-electron chi connectivity index (χ0n) is 9.19. The van der Waals surface area contributed by atoms with Crippen molar-refractivity contribution in [2.75, 3.05) is 6.61 Å². The van der Waals surface area contributed by atoms with Crippen molar-refractivity contribution in [3.63, 3.8) is 0 Å². The Morgan fingerprint density at radius 3 is 2.82 bits per heavy atom. The highest BCUT2D eigenvalue weighted by Gasteiger charge is 2.25. The molecule has 0 radical (unpaired) electrons. The van der Waals surface area contributed by atoms with Crippen LogP contribution in [0.25, 0.3) is 0 Å². The molecule has 0 bridgehead atoms. The summed E-state index contributed by atoms with van der Waals surface area (Å²) in [6.45, 7) is 1.80. The van der Waals surface area contributed by atoms with Gasteiger partial charge < -0.3 is 15.6 Å². The van der Waals surface area contributed by atoms with Gasteiger partial charge in [-0.05, 0) is 24.6 Å². The first-order valence-electron chi connectivity index (χ1n) is 5.02. The maximum absolute atomic E-state index is 12.9. The fraction of sp³-hybridized carbons (Fsp3) is 0.364. The Morgan fingerprint density at radius 2 is 2.29 bits per heavy atom. The summed E-state index contributed by atoms with van der Waals surface area (Å²) in [5, 5.41) is 9.65. The van der Waals surface area contributed by atoms with Crippen molar-refractivity contribution in [2.24, 2.45) is 5.73 Å². The van der Waals surface area contributed by atoms with E-state index in [1.807, 2.05) is 0 Å². The van der Waals surface area contributed by atoms with Gasteiger partial charge in [-0.25, -0.2) is 4.39 Å². The molecule has 2 atom stereocenters. The fourth-order valence-electron chi connectivity index (χ4n) is 1.27. The highest BCUT2D eigenvalue weighted by atomic mass is 35.5. The van der Waals surface area contributed by atoms with E-state index in [1.165, 1.54) is 12.1 Å². The van der Waals surface area contributed by atoms with Crippen LogP contribution in [0.15, 0.2) is 18.2 Å². The molecule has 0 aliphatic heterocycles. The van der Waals surface area contributed by atoms with Gasteiger partial charge in [-0.3, -0.25) is 4.79 Å². The molecule has 0 fully saturated rings. The van der Waals surface area contributed by atoms with Crippen molar-refractivity contribution in [3.05, 3.63) is 34.6 Å². The van der Waals surface area contributed by atoms with E-state index in [0.717, 1.165) is 6.07 Å². The summed E-state index contributed by atoms with van der Waals surface area (Å²) in [6, 6.07) is 2.40. The maximum Gasteiger partial charge on any atom is 0.325 e. The van der Waals surface area contributed by atoms with Gasteiger partial charge in [0, 0.05) is 0 Å². The van der Waals surface area contributed by atoms with Gasteiger partial charge in [0.2, 0.25) is 0 Å². The first-order chi connectivity index (χ1) is 7.97. The van der Waals surface area contributed by atoms with Crippen LogP contribution in [0, 0.1) is 5.82 Å². The summed E-state index contributed by atoms with van der Waals surface area (Å²) in [6.07, 6.45) is -1.29. The van der Waals surface area contributed by atoms with E-state index in [0.29, 0.717) is 0 Å². The summed E-state index contributed by atoms with van der Waals surface area (Å²) >= 11 is 5.56. The number of hydrogen-bond acceptors (Lipinski definition) is 4. The van der Waals surface area contributed by atoms with Gasteiger partial charge in [0.15, 0.2) is 0 Å². The Morgan fingerprint density at radius 1 is 1.65 bits per heavy atom. The normalized spacial score (nSPS) is 14.2. The standard InChI is InChI=1S/C11H13ClFNO3/c1-2-17-11(16)9(14)10(15)6-3-4-8(13)7(12)5-6/h3-5,9-10,15H,2,14H2,1H3. The van der Waals surface area contributed by atoms with Crippen molar-refractivity contribution in [1.29, 1.82) is 0 Å². The molecular formula is C11H13ClFNO3. The molecule has 0 aliphatic rings. The predicted molar refractivity (Wildman–Crippen MR) is 61.0 cm³/mol.